The van der Waals surface area contributed by atoms with Crippen LogP contribution < -0.4 is 10.0 Å². The van der Waals surface area contributed by atoms with Gasteiger partial charge in [-0.05, 0) is 106 Å². The molecule has 4 aromatic rings. The predicted octanol–water partition coefficient (Wildman–Crippen LogP) is 5.35. The topological polar surface area (TPSA) is 114 Å². The van der Waals surface area contributed by atoms with Gasteiger partial charge in [-0.2, -0.15) is 4.72 Å². The second-order valence-electron chi connectivity index (χ2n) is 9.66. The summed E-state index contributed by atoms with van der Waals surface area (Å²) in [5, 5.41) is 3.56. The average Bonchev–Trinajstić information content (AvgIpc) is 3.29. The molecule has 0 aliphatic carbocycles. The van der Waals surface area contributed by atoms with Crippen LogP contribution in [-0.4, -0.2) is 37.9 Å². The highest BCUT2D eigenvalue weighted by atomic mass is 32.2. The van der Waals surface area contributed by atoms with E-state index >= 15 is 0 Å². The van der Waals surface area contributed by atoms with Crippen LogP contribution in [0.1, 0.15) is 34.7 Å². The van der Waals surface area contributed by atoms with Crippen LogP contribution in [0.2, 0.25) is 0 Å². The number of nitrogens with zero attached hydrogens (tertiary/aromatic N) is 1. The van der Waals surface area contributed by atoms with Crippen molar-refractivity contribution in [1.29, 1.82) is 0 Å². The number of fused-ring (bicyclic) bond motifs is 1. The Morgan fingerprint density at radius 3 is 2.23 bits per heavy atom. The van der Waals surface area contributed by atoms with E-state index in [4.69, 9.17) is 4.74 Å². The molecule has 0 bridgehead atoms. The van der Waals surface area contributed by atoms with Gasteiger partial charge in [0, 0.05) is 11.3 Å². The van der Waals surface area contributed by atoms with E-state index in [1.54, 1.807) is 37.3 Å². The van der Waals surface area contributed by atoms with Crippen molar-refractivity contribution in [1.82, 2.24) is 9.71 Å². The minimum Gasteiger partial charge on any atom is -0.454 e. The van der Waals surface area contributed by atoms with Crippen LogP contribution in [-0.2, 0) is 24.3 Å². The average molecular weight is 566 g/mol. The number of anilines is 1. The molecule has 0 aliphatic heterocycles. The monoisotopic (exact) mass is 565 g/mol. The molecule has 0 spiro atoms. The van der Waals surface area contributed by atoms with Gasteiger partial charge in [-0.3, -0.25) is 9.59 Å². The molecule has 1 atom stereocenters. The number of sulfonamides is 1. The number of aromatic nitrogens is 1. The lowest BCUT2D eigenvalue weighted by atomic mass is 10.0. The number of nitrogens with one attached hydrogen (secondary N) is 2. The number of amides is 1. The van der Waals surface area contributed by atoms with Gasteiger partial charge in [0.25, 0.3) is 5.91 Å². The Hall–Kier alpha value is -3.60. The van der Waals surface area contributed by atoms with Crippen molar-refractivity contribution in [3.05, 3.63) is 76.3 Å². The number of hydrogen-bond donors (Lipinski definition) is 2. The molecule has 0 aliphatic rings. The molecule has 0 unspecified atom stereocenters. The molecule has 1 amide bonds. The summed E-state index contributed by atoms with van der Waals surface area (Å²) < 4.78 is 34.7. The number of carbonyl (C=O) groups is 2. The largest absolute Gasteiger partial charge is 0.454 e. The zero-order valence-electron chi connectivity index (χ0n) is 22.7. The number of ether oxygens (including phenoxy) is 1. The van der Waals surface area contributed by atoms with Crippen molar-refractivity contribution in [2.24, 2.45) is 0 Å². The number of benzene rings is 3. The van der Waals surface area contributed by atoms with Gasteiger partial charge in [-0.25, -0.2) is 13.4 Å². The Bertz CT molecular complexity index is 1650. The summed E-state index contributed by atoms with van der Waals surface area (Å²) in [6.07, 6.45) is 0. The molecule has 2 N–H and O–H groups in total. The normalized spacial score (nSPS) is 12.4. The van der Waals surface area contributed by atoms with E-state index < -0.39 is 34.5 Å². The SMILES string of the molecule is Cc1ccc2nc(-c3ccc(NC(=O)COC(=O)[C@H](C)NS(=O)(=O)c4c(C)c(C)cc(C)c4C)cc3)sc2c1. The van der Waals surface area contributed by atoms with Crippen LogP contribution in [0.4, 0.5) is 5.69 Å². The minimum atomic E-state index is -3.99. The van der Waals surface area contributed by atoms with Gasteiger partial charge >= 0.3 is 5.97 Å². The summed E-state index contributed by atoms with van der Waals surface area (Å²) in [6.45, 7) is 10.0. The minimum absolute atomic E-state index is 0.154. The van der Waals surface area contributed by atoms with Gasteiger partial charge in [0.1, 0.15) is 11.0 Å². The second kappa shape index (κ2) is 11.3. The third-order valence-electron chi connectivity index (χ3n) is 6.56. The third kappa shape index (κ3) is 6.35. The van der Waals surface area contributed by atoms with Gasteiger partial charge in [-0.1, -0.05) is 12.1 Å². The van der Waals surface area contributed by atoms with Crippen LogP contribution in [0.5, 0.6) is 0 Å². The molecule has 0 fully saturated rings. The molecule has 0 saturated carbocycles. The highest BCUT2D eigenvalue weighted by molar-refractivity contribution is 7.89. The molecule has 10 heteroatoms. The van der Waals surface area contributed by atoms with Crippen LogP contribution in [0.15, 0.2) is 53.4 Å². The zero-order valence-corrected chi connectivity index (χ0v) is 24.3. The Morgan fingerprint density at radius 1 is 0.949 bits per heavy atom. The fraction of sp³-hybridized carbons (Fsp3) is 0.276. The number of hydrogen-bond acceptors (Lipinski definition) is 7. The van der Waals surface area contributed by atoms with Crippen molar-refractivity contribution in [2.75, 3.05) is 11.9 Å². The van der Waals surface area contributed by atoms with E-state index in [0.29, 0.717) is 16.8 Å². The number of rotatable bonds is 8. The van der Waals surface area contributed by atoms with Gasteiger partial charge < -0.3 is 10.1 Å². The van der Waals surface area contributed by atoms with Crippen molar-refractivity contribution in [3.8, 4) is 10.6 Å². The highest BCUT2D eigenvalue weighted by Crippen LogP contribution is 2.31. The second-order valence-corrected chi connectivity index (χ2v) is 12.3. The molecule has 204 valence electrons. The highest BCUT2D eigenvalue weighted by Gasteiger charge is 2.27. The summed E-state index contributed by atoms with van der Waals surface area (Å²) in [5.41, 5.74) is 6.50. The summed E-state index contributed by atoms with van der Waals surface area (Å²) in [4.78, 5) is 29.7. The van der Waals surface area contributed by atoms with Crippen LogP contribution >= 0.6 is 11.3 Å². The summed E-state index contributed by atoms with van der Waals surface area (Å²) in [5.74, 6) is -1.39. The van der Waals surface area contributed by atoms with E-state index in [9.17, 15) is 18.0 Å². The fourth-order valence-corrected chi connectivity index (χ4v) is 7.11. The zero-order chi connectivity index (χ0) is 28.5. The molecule has 0 saturated heterocycles. The lowest BCUT2D eigenvalue weighted by Gasteiger charge is -2.18. The Labute approximate surface area is 232 Å². The van der Waals surface area contributed by atoms with Gasteiger partial charge in [0.05, 0.1) is 15.1 Å². The molecule has 39 heavy (non-hydrogen) atoms. The van der Waals surface area contributed by atoms with Crippen molar-refractivity contribution >= 4 is 49.1 Å². The van der Waals surface area contributed by atoms with Gasteiger partial charge in [0.2, 0.25) is 10.0 Å². The Balaban J connectivity index is 1.33. The quantitative estimate of drug-likeness (QED) is 0.278. The fourth-order valence-electron chi connectivity index (χ4n) is 4.23. The first-order chi connectivity index (χ1) is 18.4. The van der Waals surface area contributed by atoms with E-state index in [2.05, 4.69) is 21.1 Å². The van der Waals surface area contributed by atoms with E-state index in [1.807, 2.05) is 51.1 Å². The molecule has 8 nitrogen and oxygen atoms in total. The predicted molar refractivity (Wildman–Crippen MR) is 155 cm³/mol. The smallest absolute Gasteiger partial charge is 0.324 e. The molecule has 4 rings (SSSR count). The number of aryl methyl sites for hydroxylation is 3. The molecule has 0 radical (unpaired) electrons. The number of esters is 1. The molecular weight excluding hydrogens is 534 g/mol. The Kier molecular flexibility index (Phi) is 8.20. The number of thiazole rings is 1. The van der Waals surface area contributed by atoms with Crippen molar-refractivity contribution in [3.63, 3.8) is 0 Å². The van der Waals surface area contributed by atoms with Crippen LogP contribution in [0.3, 0.4) is 0 Å². The molecular formula is C29H31N3O5S2. The van der Waals surface area contributed by atoms with Crippen LogP contribution in [0.25, 0.3) is 20.8 Å². The van der Waals surface area contributed by atoms with E-state index in [-0.39, 0.29) is 4.90 Å². The first kappa shape index (κ1) is 28.4. The van der Waals surface area contributed by atoms with Crippen LogP contribution in [0, 0.1) is 34.6 Å². The summed E-state index contributed by atoms with van der Waals surface area (Å²) >= 11 is 1.60. The lowest BCUT2D eigenvalue weighted by Crippen LogP contribution is -2.41. The maximum Gasteiger partial charge on any atom is 0.324 e. The Morgan fingerprint density at radius 2 is 1.59 bits per heavy atom. The van der Waals surface area contributed by atoms with Crippen molar-refractivity contribution < 1.29 is 22.7 Å². The number of carbonyl (C=O) groups excluding carboxylic acids is 2. The van der Waals surface area contributed by atoms with E-state index in [1.165, 1.54) is 12.5 Å². The third-order valence-corrected chi connectivity index (χ3v) is 9.44. The maximum absolute atomic E-state index is 13.1. The summed E-state index contributed by atoms with van der Waals surface area (Å²) in [6, 6.07) is 14.1. The van der Waals surface area contributed by atoms with E-state index in [0.717, 1.165) is 31.9 Å². The maximum atomic E-state index is 13.1. The first-order valence-electron chi connectivity index (χ1n) is 12.4. The lowest BCUT2D eigenvalue weighted by molar-refractivity contribution is -0.148. The summed E-state index contributed by atoms with van der Waals surface area (Å²) in [7, 11) is -3.99. The molecule has 1 heterocycles. The standard InChI is InChI=1S/C29H31N3O5S2/c1-16-7-12-24-25(13-16)38-28(31-24)22-8-10-23(11-9-22)30-26(33)15-37-29(34)21(6)32-39(35,36)27-19(4)17(2)14-18(3)20(27)5/h7-14,21,32H,15H2,1-6H3,(H,30,33)/t21-/m0/s1. The molecule has 3 aromatic carbocycles. The van der Waals surface area contributed by atoms with Gasteiger partial charge in [0.15, 0.2) is 6.61 Å². The van der Waals surface area contributed by atoms with Crippen molar-refractivity contribution in [2.45, 2.75) is 52.5 Å². The van der Waals surface area contributed by atoms with Gasteiger partial charge in [-0.15, -0.1) is 11.3 Å². The first-order valence-corrected chi connectivity index (χ1v) is 14.7. The molecule has 1 aromatic heterocycles.